The van der Waals surface area contributed by atoms with E-state index in [1.54, 1.807) is 20.8 Å². The van der Waals surface area contributed by atoms with Crippen LogP contribution in [0.2, 0.25) is 0 Å². The molecule has 0 saturated heterocycles. The number of hydrogen-bond donors (Lipinski definition) is 11. The standard InChI is InChI=1S/C66H72N8O11/c1-28-39(12-16-58(78)79)49-25-50-40(13-17-59(80)81)29(2)45(68-50)22-54-63(37(10)76)33(6)47(71-54)24-56-65(34(7)48(72-56)20-43(28)67-49)66-27-57-31(4)42(15-19-61(84)85)52(73-57)26-51-41(14-18-60(82)83)30(3)44(69-51)21-53-62(36(9)75)32(5)46(70-53)23-55(74-66)64(35(66)8)38(11)77/h20-27,36-38,55,68-69,72,74-77H,12-19H2,1-11H3,(H,78,79)(H,80,81)(H,82,83)(H,84,85). The van der Waals surface area contributed by atoms with E-state index in [2.05, 4.69) is 20.3 Å². The number of fused-ring (bicyclic) bond motifs is 14. The fourth-order valence-corrected chi connectivity index (χ4v) is 13.3. The molecule has 0 spiro atoms. The lowest BCUT2D eigenvalue weighted by atomic mass is 9.80. The van der Waals surface area contributed by atoms with Gasteiger partial charge in [0, 0.05) is 75.2 Å². The zero-order chi connectivity index (χ0) is 61.4. The van der Waals surface area contributed by atoms with E-state index in [1.165, 1.54) is 0 Å². The third-order valence-corrected chi connectivity index (χ3v) is 17.7. The van der Waals surface area contributed by atoms with Crippen LogP contribution in [0.1, 0.15) is 150 Å². The molecule has 10 heterocycles. The first-order valence-corrected chi connectivity index (χ1v) is 28.7. The molecule has 0 amide bonds. The number of carboxylic acids is 4. The van der Waals surface area contributed by atoms with Gasteiger partial charge in [0.15, 0.2) is 0 Å². The second-order valence-electron chi connectivity index (χ2n) is 23.2. The number of aromatic nitrogens is 5. The summed E-state index contributed by atoms with van der Waals surface area (Å²) in [5.41, 5.74) is 16.3. The summed E-state index contributed by atoms with van der Waals surface area (Å²) in [7, 11) is 0. The minimum atomic E-state index is -1.38. The number of carbonyl (C=O) groups is 4. The van der Waals surface area contributed by atoms with Crippen LogP contribution in [-0.2, 0) is 37.6 Å². The lowest BCUT2D eigenvalue weighted by molar-refractivity contribution is -0.138. The molecule has 10 rings (SSSR count). The molecule has 16 bridgehead atoms. The van der Waals surface area contributed by atoms with Gasteiger partial charge in [-0.15, -0.1) is 0 Å². The number of hydrogen-bond acceptors (Lipinski definition) is 12. The Morgan fingerprint density at radius 1 is 0.518 bits per heavy atom. The Morgan fingerprint density at radius 2 is 1.05 bits per heavy atom. The molecule has 11 N–H and O–H groups in total. The number of allylic oxidation sites excluding steroid dienone is 6. The van der Waals surface area contributed by atoms with E-state index in [4.69, 9.17) is 20.0 Å². The first-order chi connectivity index (χ1) is 40.2. The third-order valence-electron chi connectivity index (χ3n) is 17.7. The molecular weight excluding hydrogens is 1080 g/mol. The Hall–Kier alpha value is -8.62. The maximum atomic E-state index is 12.4. The minimum absolute atomic E-state index is 0.111. The normalized spacial score (nSPS) is 19.7. The molecule has 6 aliphatic heterocycles. The highest BCUT2D eigenvalue weighted by Crippen LogP contribution is 2.49. The molecule has 5 atom stereocenters. The van der Waals surface area contributed by atoms with Crippen molar-refractivity contribution in [1.29, 1.82) is 0 Å². The molecule has 19 nitrogen and oxygen atoms in total. The van der Waals surface area contributed by atoms with E-state index >= 15 is 0 Å². The maximum Gasteiger partial charge on any atom is 0.303 e. The number of rotatable bonds is 16. The van der Waals surface area contributed by atoms with E-state index in [-0.39, 0.29) is 51.4 Å². The summed E-state index contributed by atoms with van der Waals surface area (Å²) >= 11 is 0. The Kier molecular flexibility index (Phi) is 15.9. The maximum absolute atomic E-state index is 12.4. The highest BCUT2D eigenvalue weighted by atomic mass is 16.4. The van der Waals surface area contributed by atoms with Crippen molar-refractivity contribution in [3.8, 4) is 0 Å². The summed E-state index contributed by atoms with van der Waals surface area (Å²) in [6, 6.07) is 6.83. The molecule has 442 valence electrons. The number of aliphatic hydroxyl groups excluding tert-OH is 3. The number of nitrogens with one attached hydrogen (secondary N) is 4. The van der Waals surface area contributed by atoms with Crippen LogP contribution in [0.4, 0.5) is 0 Å². The van der Waals surface area contributed by atoms with Gasteiger partial charge in [-0.3, -0.25) is 24.5 Å². The molecule has 0 radical (unpaired) electrons. The number of nitrogens with zero attached hydrogens (tertiary/aromatic N) is 4. The van der Waals surface area contributed by atoms with Crippen molar-refractivity contribution in [3.63, 3.8) is 0 Å². The molecular formula is C66H72N8O11. The average Bonchev–Trinajstić information content (AvgIpc) is 1.63. The van der Waals surface area contributed by atoms with E-state index in [1.807, 2.05) is 104 Å². The van der Waals surface area contributed by atoms with Crippen molar-refractivity contribution >= 4 is 91.8 Å². The Morgan fingerprint density at radius 3 is 1.68 bits per heavy atom. The third kappa shape index (κ3) is 10.9. The Bertz CT molecular complexity index is 4250. The molecule has 0 saturated carbocycles. The van der Waals surface area contributed by atoms with Crippen LogP contribution in [0.15, 0.2) is 91.2 Å². The van der Waals surface area contributed by atoms with Crippen LogP contribution in [0, 0.1) is 20.8 Å². The SMILES string of the molecule is CC1=C(CCC(=O)O)C2=NC1=CC1(c3c(C)c4cc5nc(cc6[nH]c(cc7nc(cc3[nH]4)C(C)=C7C(C)O)c(C)c6CCC(=O)O)C(CCC(=O)O)=C5C)NC(C=C3N=C(C=c4[nH]c(c(CCC(=O)O)c4C)=C2)C(C(C)O)=C3C)C(C(C)O)=C1C. The first kappa shape index (κ1) is 59.5. The number of aryl methyl sites for hydroxylation is 3. The average molecular weight is 1150 g/mol. The van der Waals surface area contributed by atoms with Crippen molar-refractivity contribution in [2.24, 2.45) is 9.98 Å². The first-order valence-electron chi connectivity index (χ1n) is 28.7. The monoisotopic (exact) mass is 1150 g/mol. The number of aliphatic hydroxyl groups is 3. The predicted molar refractivity (Wildman–Crippen MR) is 328 cm³/mol. The van der Waals surface area contributed by atoms with Gasteiger partial charge < -0.3 is 50.7 Å². The molecule has 4 aromatic rings. The van der Waals surface area contributed by atoms with E-state index in [0.29, 0.717) is 134 Å². The van der Waals surface area contributed by atoms with Crippen LogP contribution >= 0.6 is 0 Å². The number of aliphatic imine (C=N–C) groups is 2. The molecule has 6 aliphatic rings. The van der Waals surface area contributed by atoms with Crippen molar-refractivity contribution in [3.05, 3.63) is 148 Å². The van der Waals surface area contributed by atoms with Crippen LogP contribution < -0.4 is 16.0 Å². The topological polar surface area (TPSA) is 320 Å². The molecule has 4 aromatic heterocycles. The molecule has 85 heavy (non-hydrogen) atoms. The van der Waals surface area contributed by atoms with Crippen LogP contribution in [0.25, 0.3) is 56.5 Å². The van der Waals surface area contributed by atoms with Gasteiger partial charge in [0.25, 0.3) is 0 Å². The van der Waals surface area contributed by atoms with Crippen molar-refractivity contribution < 1.29 is 54.9 Å². The van der Waals surface area contributed by atoms with Crippen LogP contribution in [0.5, 0.6) is 0 Å². The fraction of sp³-hybridized carbons (Fsp3) is 0.364. The summed E-state index contributed by atoms with van der Waals surface area (Å²) in [6.45, 7) is 20.4. The van der Waals surface area contributed by atoms with Crippen molar-refractivity contribution in [2.45, 2.75) is 157 Å². The highest BCUT2D eigenvalue weighted by Gasteiger charge is 2.47. The van der Waals surface area contributed by atoms with Gasteiger partial charge in [-0.25, -0.2) is 20.0 Å². The van der Waals surface area contributed by atoms with Crippen LogP contribution in [0.3, 0.4) is 0 Å². The quantitative estimate of drug-likeness (QED) is 0.0470. The lowest BCUT2D eigenvalue weighted by Gasteiger charge is -2.31. The fourth-order valence-electron chi connectivity index (χ4n) is 13.3. The minimum Gasteiger partial charge on any atom is -0.481 e. The van der Waals surface area contributed by atoms with Gasteiger partial charge in [0.2, 0.25) is 0 Å². The summed E-state index contributed by atoms with van der Waals surface area (Å²) < 4.78 is 0. The van der Waals surface area contributed by atoms with Gasteiger partial charge in [-0.2, -0.15) is 0 Å². The summed E-state index contributed by atoms with van der Waals surface area (Å²) in [5.74, 6) is -3.94. The molecule has 0 aromatic carbocycles. The molecule has 5 unspecified atom stereocenters. The van der Waals surface area contributed by atoms with Gasteiger partial charge in [-0.05, 0) is 223 Å². The predicted octanol–water partition coefficient (Wildman–Crippen LogP) is 8.40. The highest BCUT2D eigenvalue weighted by molar-refractivity contribution is 6.24. The van der Waals surface area contributed by atoms with Crippen LogP contribution in [-0.4, -0.2) is 120 Å². The van der Waals surface area contributed by atoms with Gasteiger partial charge in [-0.1, -0.05) is 0 Å². The number of carboxylic acid groups (broad SMARTS) is 4. The summed E-state index contributed by atoms with van der Waals surface area (Å²) in [5, 5.41) is 80.4. The largest absolute Gasteiger partial charge is 0.481 e. The second-order valence-corrected chi connectivity index (χ2v) is 23.2. The van der Waals surface area contributed by atoms with E-state index in [9.17, 15) is 54.9 Å². The lowest BCUT2D eigenvalue weighted by Crippen LogP contribution is -2.42. The Labute approximate surface area is 490 Å². The van der Waals surface area contributed by atoms with Gasteiger partial charge in [0.1, 0.15) is 0 Å². The van der Waals surface area contributed by atoms with Gasteiger partial charge in [0.05, 0.1) is 75.5 Å². The smallest absolute Gasteiger partial charge is 0.303 e. The number of H-pyrrole nitrogens is 3. The van der Waals surface area contributed by atoms with E-state index in [0.717, 1.165) is 33.4 Å². The zero-order valence-corrected chi connectivity index (χ0v) is 49.6. The van der Waals surface area contributed by atoms with Crippen molar-refractivity contribution in [1.82, 2.24) is 30.2 Å². The molecule has 0 fully saturated rings. The number of aliphatic carboxylic acids is 4. The second kappa shape index (κ2) is 22.8. The summed E-state index contributed by atoms with van der Waals surface area (Å²) in [4.78, 5) is 80.6. The molecule has 19 heteroatoms. The van der Waals surface area contributed by atoms with Gasteiger partial charge >= 0.3 is 23.9 Å². The van der Waals surface area contributed by atoms with Crippen molar-refractivity contribution in [2.75, 3.05) is 0 Å². The van der Waals surface area contributed by atoms with E-state index < -0.39 is 53.8 Å². The Balaban J connectivity index is 1.37. The molecule has 0 aliphatic carbocycles. The number of aromatic amines is 3. The zero-order valence-electron chi connectivity index (χ0n) is 49.6. The summed E-state index contributed by atoms with van der Waals surface area (Å²) in [6.07, 6.45) is 4.61.